The zero-order chi connectivity index (χ0) is 11.4. The molecule has 2 aromatic rings. The van der Waals surface area contributed by atoms with Crippen LogP contribution in [-0.4, -0.2) is 9.97 Å². The van der Waals surface area contributed by atoms with Gasteiger partial charge in [-0.25, -0.2) is 9.97 Å². The fraction of sp³-hybridized carbons (Fsp3) is 0.167. The summed E-state index contributed by atoms with van der Waals surface area (Å²) in [4.78, 5) is 8.59. The van der Waals surface area contributed by atoms with Crippen molar-refractivity contribution >= 4 is 38.5 Å². The Bertz CT molecular complexity index is 462. The second-order valence-electron chi connectivity index (χ2n) is 3.40. The minimum atomic E-state index is 0.303. The molecule has 0 spiro atoms. The third-order valence-corrected chi connectivity index (χ3v) is 4.03. The first-order chi connectivity index (χ1) is 7.77. The van der Waals surface area contributed by atoms with E-state index in [1.54, 1.807) is 6.33 Å². The SMILES string of the molecule is BrC(Cc1ncncc1I)c1ccccc1. The van der Waals surface area contributed by atoms with Gasteiger partial charge in [-0.2, -0.15) is 0 Å². The number of nitrogens with zero attached hydrogens (tertiary/aromatic N) is 2. The zero-order valence-corrected chi connectivity index (χ0v) is 12.2. The first kappa shape index (κ1) is 12.0. The van der Waals surface area contributed by atoms with Crippen molar-refractivity contribution in [1.29, 1.82) is 0 Å². The number of rotatable bonds is 3. The van der Waals surface area contributed by atoms with Crippen molar-refractivity contribution in [2.24, 2.45) is 0 Å². The van der Waals surface area contributed by atoms with Crippen LogP contribution >= 0.6 is 38.5 Å². The van der Waals surface area contributed by atoms with Gasteiger partial charge in [0, 0.05) is 17.4 Å². The molecule has 0 N–H and O–H groups in total. The van der Waals surface area contributed by atoms with Crippen LogP contribution in [0, 0.1) is 3.57 Å². The zero-order valence-electron chi connectivity index (χ0n) is 8.48. The minimum absolute atomic E-state index is 0.303. The van der Waals surface area contributed by atoms with E-state index in [0.717, 1.165) is 15.7 Å². The molecule has 2 nitrogen and oxygen atoms in total. The van der Waals surface area contributed by atoms with Gasteiger partial charge in [-0.1, -0.05) is 46.3 Å². The standard InChI is InChI=1S/C12H10BrIN2/c13-10(9-4-2-1-3-5-9)6-12-11(14)7-15-8-16-12/h1-5,7-8,10H,6H2. The van der Waals surface area contributed by atoms with Crippen LogP contribution in [0.3, 0.4) is 0 Å². The first-order valence-corrected chi connectivity index (χ1v) is 6.90. The van der Waals surface area contributed by atoms with Crippen LogP contribution in [0.5, 0.6) is 0 Å². The number of aromatic nitrogens is 2. The van der Waals surface area contributed by atoms with Crippen molar-refractivity contribution in [3.63, 3.8) is 0 Å². The maximum atomic E-state index is 4.30. The van der Waals surface area contributed by atoms with Crippen LogP contribution in [0.25, 0.3) is 0 Å². The van der Waals surface area contributed by atoms with Gasteiger partial charge in [0.2, 0.25) is 0 Å². The molecule has 0 saturated carbocycles. The van der Waals surface area contributed by atoms with Crippen molar-refractivity contribution in [1.82, 2.24) is 9.97 Å². The van der Waals surface area contributed by atoms with Crippen LogP contribution in [0.2, 0.25) is 0 Å². The highest BCUT2D eigenvalue weighted by Gasteiger charge is 2.10. The third-order valence-electron chi connectivity index (χ3n) is 2.28. The summed E-state index contributed by atoms with van der Waals surface area (Å²) < 4.78 is 1.11. The molecule has 1 aromatic heterocycles. The summed E-state index contributed by atoms with van der Waals surface area (Å²) in [5.74, 6) is 0. The van der Waals surface area contributed by atoms with E-state index in [1.807, 2.05) is 12.3 Å². The largest absolute Gasteiger partial charge is 0.244 e. The number of hydrogen-bond donors (Lipinski definition) is 0. The van der Waals surface area contributed by atoms with Crippen LogP contribution in [-0.2, 0) is 6.42 Å². The van der Waals surface area contributed by atoms with Gasteiger partial charge in [0.1, 0.15) is 6.33 Å². The van der Waals surface area contributed by atoms with Crippen molar-refractivity contribution in [3.8, 4) is 0 Å². The predicted octanol–water partition coefficient (Wildman–Crippen LogP) is 3.76. The van der Waals surface area contributed by atoms with Gasteiger partial charge < -0.3 is 0 Å². The molecule has 1 unspecified atom stereocenters. The van der Waals surface area contributed by atoms with E-state index < -0.39 is 0 Å². The maximum absolute atomic E-state index is 4.30. The molecular weight excluding hydrogens is 379 g/mol. The van der Waals surface area contributed by atoms with Gasteiger partial charge in [-0.05, 0) is 28.2 Å². The Morgan fingerprint density at radius 1 is 1.25 bits per heavy atom. The molecule has 2 rings (SSSR count). The van der Waals surface area contributed by atoms with Gasteiger partial charge in [0.15, 0.2) is 0 Å². The highest BCUT2D eigenvalue weighted by atomic mass is 127. The van der Waals surface area contributed by atoms with Crippen LogP contribution in [0.1, 0.15) is 16.1 Å². The fourth-order valence-electron chi connectivity index (χ4n) is 1.44. The molecule has 1 aromatic carbocycles. The lowest BCUT2D eigenvalue weighted by atomic mass is 10.1. The molecule has 0 bridgehead atoms. The van der Waals surface area contributed by atoms with E-state index >= 15 is 0 Å². The highest BCUT2D eigenvalue weighted by Crippen LogP contribution is 2.27. The fourth-order valence-corrected chi connectivity index (χ4v) is 2.57. The second-order valence-corrected chi connectivity index (χ2v) is 5.67. The highest BCUT2D eigenvalue weighted by molar-refractivity contribution is 14.1. The molecule has 0 aliphatic carbocycles. The summed E-state index contributed by atoms with van der Waals surface area (Å²) in [6.45, 7) is 0. The molecule has 0 radical (unpaired) electrons. The number of hydrogen-bond acceptors (Lipinski definition) is 2. The molecular formula is C12H10BrIN2. The minimum Gasteiger partial charge on any atom is -0.244 e. The molecule has 16 heavy (non-hydrogen) atoms. The molecule has 0 saturated heterocycles. The summed E-state index contributed by atoms with van der Waals surface area (Å²) in [6, 6.07) is 10.4. The monoisotopic (exact) mass is 388 g/mol. The Morgan fingerprint density at radius 2 is 2.00 bits per heavy atom. The summed E-state index contributed by atoms with van der Waals surface area (Å²) >= 11 is 5.96. The van der Waals surface area contributed by atoms with E-state index in [0.29, 0.717) is 4.83 Å². The van der Waals surface area contributed by atoms with Crippen molar-refractivity contribution < 1.29 is 0 Å². The third kappa shape index (κ3) is 3.01. The van der Waals surface area contributed by atoms with Crippen LogP contribution < -0.4 is 0 Å². The van der Waals surface area contributed by atoms with Crippen molar-refractivity contribution in [2.75, 3.05) is 0 Å². The summed E-state index contributed by atoms with van der Waals surface area (Å²) in [5, 5.41) is 0. The Kier molecular flexibility index (Phi) is 4.29. The van der Waals surface area contributed by atoms with Crippen LogP contribution in [0.15, 0.2) is 42.9 Å². The lowest BCUT2D eigenvalue weighted by molar-refractivity contribution is 0.883. The quantitative estimate of drug-likeness (QED) is 0.591. The Hall–Kier alpha value is -0.490. The average Bonchev–Trinajstić information content (AvgIpc) is 2.33. The Balaban J connectivity index is 2.14. The maximum Gasteiger partial charge on any atom is 0.115 e. The predicted molar refractivity (Wildman–Crippen MR) is 76.6 cm³/mol. The normalized spacial score (nSPS) is 12.4. The van der Waals surface area contributed by atoms with Gasteiger partial charge >= 0.3 is 0 Å². The number of halogens is 2. The topological polar surface area (TPSA) is 25.8 Å². The summed E-state index contributed by atoms with van der Waals surface area (Å²) in [6.07, 6.45) is 4.32. The molecule has 0 aliphatic heterocycles. The lowest BCUT2D eigenvalue weighted by Crippen LogP contribution is -2.00. The van der Waals surface area contributed by atoms with E-state index in [2.05, 4.69) is 72.8 Å². The lowest BCUT2D eigenvalue weighted by Gasteiger charge is -2.10. The van der Waals surface area contributed by atoms with Crippen LogP contribution in [0.4, 0.5) is 0 Å². The summed E-state index contributed by atoms with van der Waals surface area (Å²) in [7, 11) is 0. The Labute approximate surface area is 117 Å². The average molecular weight is 389 g/mol. The van der Waals surface area contributed by atoms with E-state index in [9.17, 15) is 0 Å². The molecule has 0 fully saturated rings. The Morgan fingerprint density at radius 3 is 2.69 bits per heavy atom. The molecule has 0 amide bonds. The molecule has 0 aliphatic rings. The van der Waals surface area contributed by atoms with Gasteiger partial charge in [0.25, 0.3) is 0 Å². The van der Waals surface area contributed by atoms with Crippen molar-refractivity contribution in [2.45, 2.75) is 11.2 Å². The first-order valence-electron chi connectivity index (χ1n) is 4.91. The van der Waals surface area contributed by atoms with Gasteiger partial charge in [0.05, 0.1) is 9.26 Å². The molecule has 1 atom stereocenters. The second kappa shape index (κ2) is 5.72. The van der Waals surface area contributed by atoms with E-state index in [1.165, 1.54) is 5.56 Å². The van der Waals surface area contributed by atoms with E-state index in [-0.39, 0.29) is 0 Å². The smallest absolute Gasteiger partial charge is 0.115 e. The van der Waals surface area contributed by atoms with Gasteiger partial charge in [-0.15, -0.1) is 0 Å². The number of benzene rings is 1. The van der Waals surface area contributed by atoms with Gasteiger partial charge in [-0.3, -0.25) is 0 Å². The molecule has 1 heterocycles. The number of alkyl halides is 1. The molecule has 82 valence electrons. The van der Waals surface area contributed by atoms with E-state index in [4.69, 9.17) is 0 Å². The summed E-state index contributed by atoms with van der Waals surface area (Å²) in [5.41, 5.74) is 2.36. The molecule has 4 heteroatoms. The van der Waals surface area contributed by atoms with Crippen molar-refractivity contribution in [3.05, 3.63) is 57.7 Å².